The molecule has 4 rings (SSSR count). The van der Waals surface area contributed by atoms with Crippen molar-refractivity contribution in [1.29, 1.82) is 0 Å². The first-order valence-electron chi connectivity index (χ1n) is 11.3. The molecule has 0 spiro atoms. The molecule has 1 N–H and O–H groups in total. The van der Waals surface area contributed by atoms with Gasteiger partial charge in [0.05, 0.1) is 21.5 Å². The van der Waals surface area contributed by atoms with Gasteiger partial charge in [-0.05, 0) is 64.8 Å². The molecule has 1 amide bonds. The number of thiophene rings is 1. The predicted octanol–water partition coefficient (Wildman–Crippen LogP) is 3.57. The second-order valence-corrected chi connectivity index (χ2v) is 13.7. The quantitative estimate of drug-likeness (QED) is 0.503. The number of rotatable bonds is 10. The minimum atomic E-state index is -3.61. The molecule has 33 heavy (non-hydrogen) atoms. The second-order valence-electron chi connectivity index (χ2n) is 8.89. The lowest BCUT2D eigenvalue weighted by Crippen LogP contribution is -2.49. The highest BCUT2D eigenvalue weighted by Crippen LogP contribution is 2.41. The summed E-state index contributed by atoms with van der Waals surface area (Å²) in [5, 5.41) is 13.0. The Labute approximate surface area is 208 Å². The Bertz CT molecular complexity index is 1060. The molecule has 8 nitrogen and oxygen atoms in total. The number of carbonyl (C=O) groups excluding carboxylic acids is 1. The van der Waals surface area contributed by atoms with E-state index in [1.165, 1.54) is 22.7 Å². The van der Waals surface area contributed by atoms with E-state index in [1.54, 1.807) is 16.4 Å². The molecule has 12 heteroatoms. The number of hydrogen-bond donors (Lipinski definition) is 1. The van der Waals surface area contributed by atoms with Gasteiger partial charge in [-0.3, -0.25) is 4.79 Å². The van der Waals surface area contributed by atoms with Crippen LogP contribution in [0.5, 0.6) is 0 Å². The average molecular weight is 532 g/mol. The fourth-order valence-corrected chi connectivity index (χ4v) is 7.67. The molecule has 1 saturated heterocycles. The van der Waals surface area contributed by atoms with Crippen LogP contribution in [0.1, 0.15) is 65.1 Å². The van der Waals surface area contributed by atoms with Crippen molar-refractivity contribution in [1.82, 2.24) is 24.7 Å². The van der Waals surface area contributed by atoms with Crippen LogP contribution in [0, 0.1) is 0 Å². The smallest absolute Gasteiger partial charge is 0.261 e. The molecule has 0 radical (unpaired) electrons. The number of amides is 1. The molecule has 2 fully saturated rings. The van der Waals surface area contributed by atoms with Crippen LogP contribution in [0.4, 0.5) is 0 Å². The molecule has 1 saturated carbocycles. The third kappa shape index (κ3) is 6.52. The largest absolute Gasteiger partial charge is 0.350 e. The summed E-state index contributed by atoms with van der Waals surface area (Å²) in [5.41, 5.74) is 0. The van der Waals surface area contributed by atoms with Crippen molar-refractivity contribution >= 4 is 50.2 Å². The molecule has 0 bridgehead atoms. The molecule has 182 valence electrons. The molecule has 0 aromatic carbocycles. The third-order valence-corrected chi connectivity index (χ3v) is 10.3. The van der Waals surface area contributed by atoms with Gasteiger partial charge in [0.15, 0.2) is 0 Å². The van der Waals surface area contributed by atoms with E-state index >= 15 is 0 Å². The first kappa shape index (κ1) is 25.0. The van der Waals surface area contributed by atoms with E-state index in [4.69, 9.17) is 11.6 Å². The van der Waals surface area contributed by atoms with Gasteiger partial charge in [0.1, 0.15) is 10.0 Å². The summed E-state index contributed by atoms with van der Waals surface area (Å²) in [6.45, 7) is 6.36. The molecule has 2 aromatic rings. The van der Waals surface area contributed by atoms with Gasteiger partial charge in [-0.15, -0.1) is 21.5 Å². The highest BCUT2D eigenvalue weighted by Gasteiger charge is 2.35. The van der Waals surface area contributed by atoms with Crippen LogP contribution in [-0.2, 0) is 16.6 Å². The maximum atomic E-state index is 13.4. The van der Waals surface area contributed by atoms with Gasteiger partial charge in [-0.1, -0.05) is 22.9 Å². The number of likely N-dealkylation sites (tertiary alicyclic amines) is 1. The number of nitrogens with one attached hydrogen (secondary N) is 1. The maximum absolute atomic E-state index is 13.4. The van der Waals surface area contributed by atoms with Crippen molar-refractivity contribution in [2.24, 2.45) is 0 Å². The highest BCUT2D eigenvalue weighted by molar-refractivity contribution is 7.89. The van der Waals surface area contributed by atoms with Crippen LogP contribution in [0.15, 0.2) is 12.1 Å². The summed E-state index contributed by atoms with van der Waals surface area (Å²) in [6, 6.07) is 3.66. The van der Waals surface area contributed by atoms with Crippen LogP contribution in [-0.4, -0.2) is 71.2 Å². The zero-order chi connectivity index (χ0) is 23.6. The molecule has 2 aliphatic rings. The Hall–Kier alpha value is -1.11. The van der Waals surface area contributed by atoms with Crippen molar-refractivity contribution in [3.63, 3.8) is 0 Å². The first-order chi connectivity index (χ1) is 15.7. The number of aromatic nitrogens is 2. The Morgan fingerprint density at radius 1 is 1.21 bits per heavy atom. The Balaban J connectivity index is 1.42. The SMILES string of the molecule is CC(C)N1CCC(N(Cc2nnc(C3CC3)s2)S(=O)(=O)CCNC(=O)c2ccc(Cl)s2)CC1. The van der Waals surface area contributed by atoms with E-state index in [0.29, 0.717) is 21.2 Å². The van der Waals surface area contributed by atoms with Crippen molar-refractivity contribution < 1.29 is 13.2 Å². The van der Waals surface area contributed by atoms with Gasteiger partial charge in [0.25, 0.3) is 5.91 Å². The van der Waals surface area contributed by atoms with Crippen molar-refractivity contribution in [3.8, 4) is 0 Å². The van der Waals surface area contributed by atoms with E-state index in [2.05, 4.69) is 34.3 Å². The van der Waals surface area contributed by atoms with Gasteiger partial charge in [-0.25, -0.2) is 8.42 Å². The van der Waals surface area contributed by atoms with Gasteiger partial charge in [-0.2, -0.15) is 4.31 Å². The Kier molecular flexibility index (Phi) is 8.07. The number of hydrogen-bond acceptors (Lipinski definition) is 8. The predicted molar refractivity (Wildman–Crippen MR) is 133 cm³/mol. The summed E-state index contributed by atoms with van der Waals surface area (Å²) < 4.78 is 29.0. The topological polar surface area (TPSA) is 95.5 Å². The summed E-state index contributed by atoms with van der Waals surface area (Å²) in [5.74, 6) is 0.0323. The van der Waals surface area contributed by atoms with Crippen LogP contribution >= 0.6 is 34.3 Å². The lowest BCUT2D eigenvalue weighted by Gasteiger charge is -2.39. The maximum Gasteiger partial charge on any atom is 0.261 e. The normalized spacial score (nSPS) is 18.3. The third-order valence-electron chi connectivity index (χ3n) is 6.14. The molecule has 3 heterocycles. The van der Waals surface area contributed by atoms with Crippen LogP contribution in [0.25, 0.3) is 0 Å². The van der Waals surface area contributed by atoms with E-state index in [0.717, 1.165) is 48.8 Å². The monoisotopic (exact) mass is 531 g/mol. The summed E-state index contributed by atoms with van der Waals surface area (Å²) in [7, 11) is -3.61. The molecular formula is C21H30ClN5O3S3. The summed E-state index contributed by atoms with van der Waals surface area (Å²) >= 11 is 8.59. The lowest BCUT2D eigenvalue weighted by atomic mass is 10.0. The number of nitrogens with zero attached hydrogens (tertiary/aromatic N) is 4. The number of halogens is 1. The second kappa shape index (κ2) is 10.7. The minimum absolute atomic E-state index is 0.0431. The van der Waals surface area contributed by atoms with Crippen molar-refractivity contribution in [2.75, 3.05) is 25.4 Å². The van der Waals surface area contributed by atoms with E-state index in [-0.39, 0.29) is 30.8 Å². The highest BCUT2D eigenvalue weighted by atomic mass is 35.5. The van der Waals surface area contributed by atoms with Crippen molar-refractivity contribution in [3.05, 3.63) is 31.4 Å². The lowest BCUT2D eigenvalue weighted by molar-refractivity contribution is 0.0960. The van der Waals surface area contributed by atoms with Gasteiger partial charge < -0.3 is 10.2 Å². The van der Waals surface area contributed by atoms with Crippen molar-refractivity contribution in [2.45, 2.75) is 64.1 Å². The van der Waals surface area contributed by atoms with Gasteiger partial charge in [0.2, 0.25) is 10.0 Å². The fraction of sp³-hybridized carbons (Fsp3) is 0.667. The Morgan fingerprint density at radius 3 is 2.55 bits per heavy atom. The zero-order valence-electron chi connectivity index (χ0n) is 18.9. The first-order valence-corrected chi connectivity index (χ1v) is 14.9. The molecule has 1 aliphatic carbocycles. The molecule has 0 unspecified atom stereocenters. The van der Waals surface area contributed by atoms with Crippen LogP contribution in [0.3, 0.4) is 0 Å². The number of piperidine rings is 1. The van der Waals surface area contributed by atoms with E-state index in [1.807, 2.05) is 0 Å². The number of carbonyl (C=O) groups is 1. The molecular weight excluding hydrogens is 502 g/mol. The number of sulfonamides is 1. The molecule has 1 aliphatic heterocycles. The standard InChI is InChI=1S/C21H30ClN5O3S3/c1-14(2)26-10-7-16(8-11-26)27(13-19-24-25-21(32-19)15-3-4-15)33(29,30)12-9-23-20(28)17-5-6-18(22)31-17/h5-6,14-16H,3-4,7-13H2,1-2H3,(H,23,28). The Morgan fingerprint density at radius 2 is 1.94 bits per heavy atom. The molecule has 2 aromatic heterocycles. The van der Waals surface area contributed by atoms with E-state index < -0.39 is 10.0 Å². The summed E-state index contributed by atoms with van der Waals surface area (Å²) in [4.78, 5) is 15.1. The van der Waals surface area contributed by atoms with Crippen LogP contribution in [0.2, 0.25) is 4.34 Å². The van der Waals surface area contributed by atoms with Gasteiger partial charge in [0, 0.05) is 24.5 Å². The average Bonchev–Trinajstić information content (AvgIpc) is 3.36. The van der Waals surface area contributed by atoms with Gasteiger partial charge >= 0.3 is 0 Å². The molecule has 0 atom stereocenters. The zero-order valence-corrected chi connectivity index (χ0v) is 22.1. The minimum Gasteiger partial charge on any atom is -0.350 e. The van der Waals surface area contributed by atoms with E-state index in [9.17, 15) is 13.2 Å². The summed E-state index contributed by atoms with van der Waals surface area (Å²) in [6.07, 6.45) is 3.84. The fourth-order valence-electron chi connectivity index (χ4n) is 4.04. The van der Waals surface area contributed by atoms with Crippen LogP contribution < -0.4 is 5.32 Å².